The van der Waals surface area contributed by atoms with Gasteiger partial charge in [0.25, 0.3) is 0 Å². The maximum atomic E-state index is 5.77. The van der Waals surface area contributed by atoms with Gasteiger partial charge >= 0.3 is 137 Å². The molecule has 1 nitrogen and oxygen atoms in total. The standard InChI is InChI=1S/C7H8N.3C4H9.Sn/c8-6-7-4-2-1-3-5-7;3*1-3-4-2;/h2-5H,6,8H2;3*1,3-4H2,2H3;. The van der Waals surface area contributed by atoms with Crippen LogP contribution in [0.15, 0.2) is 24.3 Å². The minimum absolute atomic E-state index is 0.668. The number of benzene rings is 1. The molecule has 0 fully saturated rings. The van der Waals surface area contributed by atoms with Crippen molar-refractivity contribution in [2.24, 2.45) is 5.73 Å². The van der Waals surface area contributed by atoms with Gasteiger partial charge in [-0.15, -0.1) is 0 Å². The summed E-state index contributed by atoms with van der Waals surface area (Å²) in [5.41, 5.74) is 7.04. The summed E-state index contributed by atoms with van der Waals surface area (Å²) in [6, 6.07) is 9.45. The van der Waals surface area contributed by atoms with E-state index in [0.717, 1.165) is 0 Å². The maximum absolute atomic E-state index is 5.77. The Hall–Kier alpha value is -0.0213. The Bertz CT molecular complexity index is 350. The molecular weight excluding hydrogens is 361 g/mol. The second-order valence-corrected chi connectivity index (χ2v) is 19.7. The van der Waals surface area contributed by atoms with Gasteiger partial charge in [-0.05, 0) is 0 Å². The molecule has 0 saturated heterocycles. The van der Waals surface area contributed by atoms with Gasteiger partial charge in [-0.2, -0.15) is 0 Å². The molecule has 2 N–H and O–H groups in total. The summed E-state index contributed by atoms with van der Waals surface area (Å²) in [5, 5.41) is 0. The summed E-state index contributed by atoms with van der Waals surface area (Å²) in [7, 11) is 0. The van der Waals surface area contributed by atoms with E-state index in [1.165, 1.54) is 44.1 Å². The zero-order valence-corrected chi connectivity index (χ0v) is 17.3. The van der Waals surface area contributed by atoms with Gasteiger partial charge in [0.2, 0.25) is 0 Å². The van der Waals surface area contributed by atoms with Crippen molar-refractivity contribution in [1.82, 2.24) is 0 Å². The molecule has 2 heteroatoms. The first-order chi connectivity index (χ1) is 10.2. The Morgan fingerprint density at radius 1 is 0.762 bits per heavy atom. The van der Waals surface area contributed by atoms with Crippen LogP contribution in [0.4, 0.5) is 0 Å². The summed E-state index contributed by atoms with van der Waals surface area (Å²) in [6.45, 7) is 7.69. The van der Waals surface area contributed by atoms with Crippen molar-refractivity contribution in [3.8, 4) is 0 Å². The fraction of sp³-hybridized carbons (Fsp3) is 0.684. The van der Waals surface area contributed by atoms with E-state index in [4.69, 9.17) is 5.73 Å². The molecule has 0 aliphatic rings. The second kappa shape index (κ2) is 10.7. The Balaban J connectivity index is 3.02. The first-order valence-corrected chi connectivity index (χ1v) is 16.5. The number of nitrogens with two attached hydrogens (primary N) is 1. The van der Waals surface area contributed by atoms with E-state index >= 15 is 0 Å². The minimum atomic E-state index is -2.19. The van der Waals surface area contributed by atoms with Crippen LogP contribution < -0.4 is 9.31 Å². The van der Waals surface area contributed by atoms with Gasteiger partial charge in [0, 0.05) is 0 Å². The van der Waals surface area contributed by atoms with Gasteiger partial charge in [-0.1, -0.05) is 0 Å². The topological polar surface area (TPSA) is 26.0 Å². The Kier molecular flexibility index (Phi) is 9.66. The molecule has 0 aromatic heterocycles. The van der Waals surface area contributed by atoms with E-state index in [9.17, 15) is 0 Å². The van der Waals surface area contributed by atoms with Gasteiger partial charge in [0.15, 0.2) is 0 Å². The molecule has 120 valence electrons. The van der Waals surface area contributed by atoms with E-state index in [-0.39, 0.29) is 0 Å². The van der Waals surface area contributed by atoms with Crippen molar-refractivity contribution < 1.29 is 0 Å². The van der Waals surface area contributed by atoms with Crippen LogP contribution in [0.25, 0.3) is 0 Å². The van der Waals surface area contributed by atoms with Crippen LogP contribution in [0.5, 0.6) is 0 Å². The zero-order valence-electron chi connectivity index (χ0n) is 14.5. The summed E-state index contributed by atoms with van der Waals surface area (Å²) in [5.74, 6) is 0. The van der Waals surface area contributed by atoms with Crippen LogP contribution in [0.1, 0.15) is 64.9 Å². The molecule has 0 unspecified atom stereocenters. The fourth-order valence-corrected chi connectivity index (χ4v) is 19.3. The Morgan fingerprint density at radius 3 is 1.52 bits per heavy atom. The van der Waals surface area contributed by atoms with Crippen molar-refractivity contribution in [2.75, 3.05) is 0 Å². The van der Waals surface area contributed by atoms with Crippen molar-refractivity contribution in [3.63, 3.8) is 0 Å². The van der Waals surface area contributed by atoms with Crippen LogP contribution in [-0.4, -0.2) is 18.4 Å². The SMILES string of the molecule is CCC[CH2][Sn]([CH2]CCC)([CH2]CCC)[c]1ccc(CN)cc1. The van der Waals surface area contributed by atoms with Gasteiger partial charge < -0.3 is 0 Å². The normalized spacial score (nSPS) is 11.8. The zero-order chi connectivity index (χ0) is 15.6. The molecule has 0 saturated carbocycles. The van der Waals surface area contributed by atoms with Crippen LogP contribution in [0.2, 0.25) is 13.3 Å². The molecule has 0 heterocycles. The van der Waals surface area contributed by atoms with Crippen molar-refractivity contribution >= 4 is 22.0 Å². The predicted octanol–water partition coefficient (Wildman–Crippen LogP) is 5.20. The van der Waals surface area contributed by atoms with E-state index < -0.39 is 18.4 Å². The molecule has 0 spiro atoms. The number of rotatable bonds is 11. The molecule has 1 aromatic carbocycles. The molecular formula is C19H35NSn. The summed E-state index contributed by atoms with van der Waals surface area (Å²) in [4.78, 5) is 0. The number of hydrogen-bond donors (Lipinski definition) is 1. The molecule has 21 heavy (non-hydrogen) atoms. The van der Waals surface area contributed by atoms with E-state index in [2.05, 4.69) is 45.0 Å². The van der Waals surface area contributed by atoms with E-state index in [1.807, 2.05) is 0 Å². The average Bonchev–Trinajstić information content (AvgIpc) is 2.55. The van der Waals surface area contributed by atoms with Crippen molar-refractivity contribution in [3.05, 3.63) is 29.8 Å². The third-order valence-electron chi connectivity index (χ3n) is 4.83. The van der Waals surface area contributed by atoms with Crippen LogP contribution in [-0.2, 0) is 6.54 Å². The van der Waals surface area contributed by atoms with Gasteiger partial charge in [0.05, 0.1) is 0 Å². The summed E-state index contributed by atoms with van der Waals surface area (Å²) in [6.07, 6.45) is 8.33. The third kappa shape index (κ3) is 5.94. The van der Waals surface area contributed by atoms with E-state index in [0.29, 0.717) is 6.54 Å². The molecule has 0 bridgehead atoms. The first-order valence-electron chi connectivity index (χ1n) is 9.02. The molecule has 0 aliphatic heterocycles. The van der Waals surface area contributed by atoms with Crippen molar-refractivity contribution in [2.45, 2.75) is 79.2 Å². The van der Waals surface area contributed by atoms with Gasteiger partial charge in [0.1, 0.15) is 0 Å². The summed E-state index contributed by atoms with van der Waals surface area (Å²) >= 11 is -2.19. The van der Waals surface area contributed by atoms with Crippen LogP contribution in [0.3, 0.4) is 0 Å². The fourth-order valence-electron chi connectivity index (χ4n) is 3.35. The molecule has 0 atom stereocenters. The molecule has 1 rings (SSSR count). The quantitative estimate of drug-likeness (QED) is 0.512. The van der Waals surface area contributed by atoms with Crippen LogP contribution >= 0.6 is 0 Å². The summed E-state index contributed by atoms with van der Waals surface area (Å²) < 4.78 is 6.41. The van der Waals surface area contributed by atoms with Gasteiger partial charge in [-0.25, -0.2) is 0 Å². The number of hydrogen-bond acceptors (Lipinski definition) is 1. The molecule has 0 aliphatic carbocycles. The third-order valence-corrected chi connectivity index (χ3v) is 20.5. The Labute approximate surface area is 136 Å². The molecule has 0 radical (unpaired) electrons. The van der Waals surface area contributed by atoms with Crippen molar-refractivity contribution in [1.29, 1.82) is 0 Å². The van der Waals surface area contributed by atoms with E-state index in [1.54, 1.807) is 16.9 Å². The first kappa shape index (κ1) is 19.0. The predicted molar refractivity (Wildman–Crippen MR) is 98.9 cm³/mol. The number of unbranched alkanes of at least 4 members (excludes halogenated alkanes) is 3. The average molecular weight is 396 g/mol. The second-order valence-electron chi connectivity index (χ2n) is 6.49. The Morgan fingerprint density at radius 2 is 1.19 bits per heavy atom. The van der Waals surface area contributed by atoms with Crippen LogP contribution in [0, 0.1) is 0 Å². The monoisotopic (exact) mass is 397 g/mol. The molecule has 1 aromatic rings. The molecule has 0 amide bonds. The van der Waals surface area contributed by atoms with Gasteiger partial charge in [-0.3, -0.25) is 0 Å².